The van der Waals surface area contributed by atoms with Crippen LogP contribution in [0.5, 0.6) is 0 Å². The first-order valence-corrected chi connectivity index (χ1v) is 6.94. The van der Waals surface area contributed by atoms with Gasteiger partial charge in [-0.15, -0.1) is 0 Å². The summed E-state index contributed by atoms with van der Waals surface area (Å²) in [6.45, 7) is 1.81. The van der Waals surface area contributed by atoms with E-state index in [2.05, 4.69) is 10.6 Å². The average molecular weight is 321 g/mol. The molecule has 0 aliphatic heterocycles. The van der Waals surface area contributed by atoms with E-state index in [1.165, 1.54) is 18.2 Å². The second-order valence-electron chi connectivity index (χ2n) is 4.71. The van der Waals surface area contributed by atoms with E-state index in [4.69, 9.17) is 11.6 Å². The van der Waals surface area contributed by atoms with Gasteiger partial charge in [0, 0.05) is 10.7 Å². The predicted molar refractivity (Wildman–Crippen MR) is 84.5 cm³/mol. The number of nitrogens with one attached hydrogen (secondary N) is 2. The number of rotatable bonds is 4. The normalized spacial score (nSPS) is 10.1. The lowest BCUT2D eigenvalue weighted by molar-refractivity contribution is -0.123. The van der Waals surface area contributed by atoms with Gasteiger partial charge in [0.1, 0.15) is 12.2 Å². The first kappa shape index (κ1) is 16.0. The Bertz CT molecular complexity index is 719. The van der Waals surface area contributed by atoms with Gasteiger partial charge in [-0.1, -0.05) is 29.8 Å². The van der Waals surface area contributed by atoms with Crippen molar-refractivity contribution in [2.24, 2.45) is 0 Å². The summed E-state index contributed by atoms with van der Waals surface area (Å²) in [6.07, 6.45) is -0.416. The van der Waals surface area contributed by atoms with Crippen molar-refractivity contribution in [3.05, 3.63) is 58.9 Å². The average Bonchev–Trinajstić information content (AvgIpc) is 2.45. The molecule has 2 aromatic rings. The zero-order valence-electron chi connectivity index (χ0n) is 11.8. The third-order valence-corrected chi connectivity index (χ3v) is 3.18. The van der Waals surface area contributed by atoms with Crippen LogP contribution in [0.2, 0.25) is 5.02 Å². The van der Waals surface area contributed by atoms with Crippen LogP contribution >= 0.6 is 11.6 Å². The molecule has 6 heteroatoms. The van der Waals surface area contributed by atoms with Crippen molar-refractivity contribution >= 4 is 34.8 Å². The van der Waals surface area contributed by atoms with Crippen molar-refractivity contribution in [3.63, 3.8) is 0 Å². The molecule has 0 aromatic heterocycles. The minimum atomic E-state index is -0.595. The molecule has 0 unspecified atom stereocenters. The van der Waals surface area contributed by atoms with E-state index in [1.807, 2.05) is 6.92 Å². The maximum absolute atomic E-state index is 13.4. The second kappa shape index (κ2) is 7.04. The van der Waals surface area contributed by atoms with Crippen LogP contribution in [-0.2, 0) is 9.59 Å². The van der Waals surface area contributed by atoms with Gasteiger partial charge in [-0.3, -0.25) is 9.59 Å². The van der Waals surface area contributed by atoms with Crippen LogP contribution in [0.25, 0.3) is 0 Å². The molecule has 0 atom stereocenters. The molecule has 2 amide bonds. The highest BCUT2D eigenvalue weighted by molar-refractivity contribution is 6.31. The standard InChI is InChI=1S/C16H14ClFN2O2/c1-10-6-7-11(17)8-14(10)20-16(22)9-15(21)19-13-5-3-2-4-12(13)18/h2-8H,9H2,1H3,(H,19,21)(H,20,22). The molecule has 0 saturated carbocycles. The highest BCUT2D eigenvalue weighted by Crippen LogP contribution is 2.20. The van der Waals surface area contributed by atoms with Crippen molar-refractivity contribution in [1.29, 1.82) is 0 Å². The van der Waals surface area contributed by atoms with E-state index in [0.29, 0.717) is 10.7 Å². The Balaban J connectivity index is 1.96. The third kappa shape index (κ3) is 4.30. The van der Waals surface area contributed by atoms with Crippen molar-refractivity contribution in [1.82, 2.24) is 0 Å². The first-order valence-electron chi connectivity index (χ1n) is 6.56. The maximum Gasteiger partial charge on any atom is 0.233 e. The molecule has 2 aromatic carbocycles. The molecule has 0 heterocycles. The molecule has 4 nitrogen and oxygen atoms in total. The first-order chi connectivity index (χ1) is 10.5. The summed E-state index contributed by atoms with van der Waals surface area (Å²) in [4.78, 5) is 23.6. The Hall–Kier alpha value is -2.40. The summed E-state index contributed by atoms with van der Waals surface area (Å²) in [5, 5.41) is 5.44. The monoisotopic (exact) mass is 320 g/mol. The molecule has 0 bridgehead atoms. The number of halogens is 2. The number of hydrogen-bond donors (Lipinski definition) is 2. The Morgan fingerprint density at radius 3 is 2.36 bits per heavy atom. The van der Waals surface area contributed by atoms with E-state index in [-0.39, 0.29) is 5.69 Å². The zero-order chi connectivity index (χ0) is 16.1. The summed E-state index contributed by atoms with van der Waals surface area (Å²) in [6, 6.07) is 10.8. The summed E-state index contributed by atoms with van der Waals surface area (Å²) < 4.78 is 13.4. The minimum absolute atomic E-state index is 0.0410. The molecule has 0 saturated heterocycles. The van der Waals surface area contributed by atoms with Gasteiger partial charge in [-0.25, -0.2) is 4.39 Å². The van der Waals surface area contributed by atoms with Gasteiger partial charge >= 0.3 is 0 Å². The van der Waals surface area contributed by atoms with Gasteiger partial charge in [0.25, 0.3) is 0 Å². The van der Waals surface area contributed by atoms with Crippen molar-refractivity contribution < 1.29 is 14.0 Å². The largest absolute Gasteiger partial charge is 0.325 e. The Morgan fingerprint density at radius 1 is 1.05 bits per heavy atom. The van der Waals surface area contributed by atoms with Crippen LogP contribution < -0.4 is 10.6 Å². The van der Waals surface area contributed by atoms with Crippen molar-refractivity contribution in [2.45, 2.75) is 13.3 Å². The van der Waals surface area contributed by atoms with E-state index < -0.39 is 24.1 Å². The third-order valence-electron chi connectivity index (χ3n) is 2.94. The molecular weight excluding hydrogens is 307 g/mol. The fourth-order valence-corrected chi connectivity index (χ4v) is 2.00. The molecule has 114 valence electrons. The molecule has 0 aliphatic carbocycles. The fraction of sp³-hybridized carbons (Fsp3) is 0.125. The number of aryl methyl sites for hydroxylation is 1. The number of para-hydroxylation sites is 1. The zero-order valence-corrected chi connectivity index (χ0v) is 12.6. The second-order valence-corrected chi connectivity index (χ2v) is 5.15. The number of carbonyl (C=O) groups is 2. The number of carbonyl (C=O) groups excluding carboxylic acids is 2. The molecule has 0 radical (unpaired) electrons. The Labute approximate surface area is 132 Å². The molecule has 0 aliphatic rings. The topological polar surface area (TPSA) is 58.2 Å². The smallest absolute Gasteiger partial charge is 0.233 e. The fourth-order valence-electron chi connectivity index (χ4n) is 1.83. The SMILES string of the molecule is Cc1ccc(Cl)cc1NC(=O)CC(=O)Nc1ccccc1F. The highest BCUT2D eigenvalue weighted by Gasteiger charge is 2.12. The van der Waals surface area contributed by atoms with Gasteiger partial charge in [-0.05, 0) is 36.8 Å². The van der Waals surface area contributed by atoms with Crippen LogP contribution in [0.1, 0.15) is 12.0 Å². The Morgan fingerprint density at radius 2 is 1.68 bits per heavy atom. The predicted octanol–water partition coefficient (Wildman–Crippen LogP) is 3.75. The molecule has 2 N–H and O–H groups in total. The van der Waals surface area contributed by atoms with Gasteiger partial charge in [0.05, 0.1) is 5.69 Å². The van der Waals surface area contributed by atoms with Crippen molar-refractivity contribution in [3.8, 4) is 0 Å². The lowest BCUT2D eigenvalue weighted by atomic mass is 10.2. The summed E-state index contributed by atoms with van der Waals surface area (Å²) >= 11 is 5.86. The van der Waals surface area contributed by atoms with E-state index in [0.717, 1.165) is 5.56 Å². The minimum Gasteiger partial charge on any atom is -0.325 e. The molecule has 2 rings (SSSR count). The van der Waals surface area contributed by atoms with Gasteiger partial charge in [0.15, 0.2) is 0 Å². The van der Waals surface area contributed by atoms with E-state index in [1.54, 1.807) is 24.3 Å². The summed E-state index contributed by atoms with van der Waals surface area (Å²) in [7, 11) is 0. The molecule has 22 heavy (non-hydrogen) atoms. The lowest BCUT2D eigenvalue weighted by Crippen LogP contribution is -2.22. The lowest BCUT2D eigenvalue weighted by Gasteiger charge is -2.09. The van der Waals surface area contributed by atoms with Crippen molar-refractivity contribution in [2.75, 3.05) is 10.6 Å². The summed E-state index contributed by atoms with van der Waals surface area (Å²) in [5.74, 6) is -1.65. The molecular formula is C16H14ClFN2O2. The summed E-state index contributed by atoms with van der Waals surface area (Å²) in [5.41, 5.74) is 1.41. The number of benzene rings is 2. The number of hydrogen-bond acceptors (Lipinski definition) is 2. The van der Waals surface area contributed by atoms with Crippen LogP contribution in [0.4, 0.5) is 15.8 Å². The number of amides is 2. The van der Waals surface area contributed by atoms with Gasteiger partial charge in [0.2, 0.25) is 11.8 Å². The Kier molecular flexibility index (Phi) is 5.12. The van der Waals surface area contributed by atoms with Gasteiger partial charge in [-0.2, -0.15) is 0 Å². The van der Waals surface area contributed by atoms with E-state index >= 15 is 0 Å². The quantitative estimate of drug-likeness (QED) is 0.843. The highest BCUT2D eigenvalue weighted by atomic mass is 35.5. The molecule has 0 fully saturated rings. The van der Waals surface area contributed by atoms with Gasteiger partial charge < -0.3 is 10.6 Å². The van der Waals surface area contributed by atoms with E-state index in [9.17, 15) is 14.0 Å². The molecule has 0 spiro atoms. The number of anilines is 2. The van der Waals surface area contributed by atoms with Crippen LogP contribution in [0, 0.1) is 12.7 Å². The maximum atomic E-state index is 13.4. The van der Waals surface area contributed by atoms with Crippen LogP contribution in [-0.4, -0.2) is 11.8 Å². The van der Waals surface area contributed by atoms with Crippen LogP contribution in [0.3, 0.4) is 0 Å². The van der Waals surface area contributed by atoms with Crippen LogP contribution in [0.15, 0.2) is 42.5 Å².